The molecule has 0 bridgehead atoms. The lowest BCUT2D eigenvalue weighted by Crippen LogP contribution is -2.37. The molecule has 5 nitrogen and oxygen atoms in total. The average molecular weight is 375 g/mol. The van der Waals surface area contributed by atoms with E-state index in [0.29, 0.717) is 36.3 Å². The van der Waals surface area contributed by atoms with Crippen molar-refractivity contribution in [2.75, 3.05) is 13.2 Å². The lowest BCUT2D eigenvalue weighted by atomic mass is 10.0. The van der Waals surface area contributed by atoms with E-state index in [9.17, 15) is 4.79 Å². The third-order valence-electron chi connectivity index (χ3n) is 4.19. The second kappa shape index (κ2) is 8.81. The van der Waals surface area contributed by atoms with Crippen LogP contribution >= 0.6 is 11.6 Å². The van der Waals surface area contributed by atoms with Crippen molar-refractivity contribution in [1.82, 2.24) is 10.6 Å². The molecular weight excluding hydrogens is 352 g/mol. The Hall–Kier alpha value is -2.40. The Bertz CT molecular complexity index is 752. The summed E-state index contributed by atoms with van der Waals surface area (Å²) in [7, 11) is 0. The Morgan fingerprint density at radius 3 is 2.73 bits per heavy atom. The number of carbonyl (C=O) groups is 1. The molecule has 6 heteroatoms. The van der Waals surface area contributed by atoms with Crippen molar-refractivity contribution >= 4 is 17.6 Å². The summed E-state index contributed by atoms with van der Waals surface area (Å²) in [5.74, 6) is 1.19. The Kier molecular flexibility index (Phi) is 6.23. The van der Waals surface area contributed by atoms with Crippen molar-refractivity contribution in [3.05, 3.63) is 58.6 Å². The maximum absolute atomic E-state index is 12.3. The smallest absolute Gasteiger partial charge is 0.315 e. The molecule has 1 aliphatic rings. The van der Waals surface area contributed by atoms with Gasteiger partial charge in [0.25, 0.3) is 0 Å². The highest BCUT2D eigenvalue weighted by molar-refractivity contribution is 6.32. The molecule has 1 heterocycles. The summed E-state index contributed by atoms with van der Waals surface area (Å²) in [6, 6.07) is 13.4. The fourth-order valence-corrected chi connectivity index (χ4v) is 3.24. The Morgan fingerprint density at radius 2 is 1.96 bits per heavy atom. The molecule has 2 amide bonds. The topological polar surface area (TPSA) is 59.6 Å². The van der Waals surface area contributed by atoms with E-state index in [4.69, 9.17) is 21.1 Å². The predicted octanol–water partition coefficient (Wildman–Crippen LogP) is 4.45. The molecule has 138 valence electrons. The maximum Gasteiger partial charge on any atom is 0.315 e. The van der Waals surface area contributed by atoms with Crippen LogP contribution in [0.2, 0.25) is 5.02 Å². The van der Waals surface area contributed by atoms with Crippen LogP contribution in [0, 0.1) is 0 Å². The van der Waals surface area contributed by atoms with Crippen molar-refractivity contribution in [2.24, 2.45) is 0 Å². The summed E-state index contributed by atoms with van der Waals surface area (Å²) in [5.41, 5.74) is 1.97. The first-order valence-corrected chi connectivity index (χ1v) is 9.22. The van der Waals surface area contributed by atoms with Gasteiger partial charge in [-0.3, -0.25) is 0 Å². The van der Waals surface area contributed by atoms with Gasteiger partial charge in [-0.05, 0) is 29.7 Å². The van der Waals surface area contributed by atoms with Crippen LogP contribution in [-0.4, -0.2) is 19.2 Å². The zero-order valence-corrected chi connectivity index (χ0v) is 15.5. The molecule has 0 spiro atoms. The standard InChI is InChI=1S/C20H23ClN2O3/c1-2-6-17(15-7-4-3-5-8-15)23-20(24)22-13-14-11-16(21)19-18(12-14)25-9-10-26-19/h3-5,7-8,11-12,17H,2,6,9-10,13H2,1H3,(H2,22,23,24). The van der Waals surface area contributed by atoms with E-state index >= 15 is 0 Å². The third kappa shape index (κ3) is 4.61. The van der Waals surface area contributed by atoms with Gasteiger partial charge in [0.15, 0.2) is 11.5 Å². The molecule has 26 heavy (non-hydrogen) atoms. The van der Waals surface area contributed by atoms with E-state index in [1.807, 2.05) is 36.4 Å². The normalized spacial score (nSPS) is 13.8. The Labute approximate surface area is 158 Å². The van der Waals surface area contributed by atoms with Crippen molar-refractivity contribution in [3.8, 4) is 11.5 Å². The number of rotatable bonds is 6. The highest BCUT2D eigenvalue weighted by atomic mass is 35.5. The molecule has 0 saturated carbocycles. The zero-order valence-electron chi connectivity index (χ0n) is 14.8. The largest absolute Gasteiger partial charge is 0.486 e. The van der Waals surface area contributed by atoms with Crippen LogP contribution in [0.4, 0.5) is 4.79 Å². The van der Waals surface area contributed by atoms with Gasteiger partial charge in [0.1, 0.15) is 13.2 Å². The second-order valence-corrected chi connectivity index (χ2v) is 6.59. The lowest BCUT2D eigenvalue weighted by molar-refractivity contribution is 0.171. The van der Waals surface area contributed by atoms with Crippen LogP contribution in [0.15, 0.2) is 42.5 Å². The molecule has 2 N–H and O–H groups in total. The molecular formula is C20H23ClN2O3. The van der Waals surface area contributed by atoms with Gasteiger partial charge in [-0.2, -0.15) is 0 Å². The highest BCUT2D eigenvalue weighted by Crippen LogP contribution is 2.38. The van der Waals surface area contributed by atoms with Gasteiger partial charge >= 0.3 is 6.03 Å². The van der Waals surface area contributed by atoms with Gasteiger partial charge in [-0.1, -0.05) is 55.3 Å². The molecule has 3 rings (SSSR count). The molecule has 1 atom stereocenters. The van der Waals surface area contributed by atoms with Gasteiger partial charge in [-0.15, -0.1) is 0 Å². The maximum atomic E-state index is 12.3. The van der Waals surface area contributed by atoms with E-state index in [2.05, 4.69) is 17.6 Å². The number of amides is 2. The molecule has 0 fully saturated rings. The van der Waals surface area contributed by atoms with E-state index in [-0.39, 0.29) is 12.1 Å². The van der Waals surface area contributed by atoms with E-state index in [0.717, 1.165) is 24.0 Å². The molecule has 0 saturated heterocycles. The van der Waals surface area contributed by atoms with Crippen molar-refractivity contribution in [1.29, 1.82) is 0 Å². The van der Waals surface area contributed by atoms with Gasteiger partial charge in [0.05, 0.1) is 11.1 Å². The minimum absolute atomic E-state index is 0.00921. The summed E-state index contributed by atoms with van der Waals surface area (Å²) in [4.78, 5) is 12.3. The molecule has 2 aromatic carbocycles. The second-order valence-electron chi connectivity index (χ2n) is 6.18. The summed E-state index contributed by atoms with van der Waals surface area (Å²) >= 11 is 6.23. The zero-order chi connectivity index (χ0) is 18.4. The number of hydrogen-bond donors (Lipinski definition) is 2. The molecule has 1 aliphatic heterocycles. The lowest BCUT2D eigenvalue weighted by Gasteiger charge is -2.21. The van der Waals surface area contributed by atoms with Crippen molar-refractivity contribution in [3.63, 3.8) is 0 Å². The minimum Gasteiger partial charge on any atom is -0.486 e. The summed E-state index contributed by atoms with van der Waals surface area (Å²) < 4.78 is 11.1. The van der Waals surface area contributed by atoms with Crippen LogP contribution in [0.25, 0.3) is 0 Å². The fourth-order valence-electron chi connectivity index (χ4n) is 2.95. The van der Waals surface area contributed by atoms with Gasteiger partial charge in [-0.25, -0.2) is 4.79 Å². The minimum atomic E-state index is -0.210. The summed E-state index contributed by atoms with van der Waals surface area (Å²) in [5, 5.41) is 6.42. The van der Waals surface area contributed by atoms with Gasteiger partial charge < -0.3 is 20.1 Å². The number of hydrogen-bond acceptors (Lipinski definition) is 3. The number of urea groups is 1. The van der Waals surface area contributed by atoms with E-state index in [1.54, 1.807) is 6.07 Å². The summed E-state index contributed by atoms with van der Waals surface area (Å²) in [6.07, 6.45) is 1.87. The first-order valence-electron chi connectivity index (χ1n) is 8.84. The molecule has 2 aromatic rings. The first-order chi connectivity index (χ1) is 12.7. The van der Waals surface area contributed by atoms with Crippen LogP contribution in [0.5, 0.6) is 11.5 Å². The monoisotopic (exact) mass is 374 g/mol. The molecule has 0 aliphatic carbocycles. The van der Waals surface area contributed by atoms with E-state index in [1.165, 1.54) is 0 Å². The van der Waals surface area contributed by atoms with Gasteiger partial charge in [0, 0.05) is 6.54 Å². The third-order valence-corrected chi connectivity index (χ3v) is 4.48. The molecule has 0 radical (unpaired) electrons. The van der Waals surface area contributed by atoms with Crippen molar-refractivity contribution < 1.29 is 14.3 Å². The first kappa shape index (κ1) is 18.4. The predicted molar refractivity (Wildman–Crippen MR) is 102 cm³/mol. The SMILES string of the molecule is CCCC(NC(=O)NCc1cc(Cl)c2c(c1)OCCO2)c1ccccc1. The van der Waals surface area contributed by atoms with Crippen LogP contribution in [0.3, 0.4) is 0 Å². The van der Waals surface area contributed by atoms with Crippen LogP contribution < -0.4 is 20.1 Å². The quantitative estimate of drug-likeness (QED) is 0.785. The number of halogens is 1. The van der Waals surface area contributed by atoms with Crippen LogP contribution in [0.1, 0.15) is 36.9 Å². The summed E-state index contributed by atoms with van der Waals surface area (Å²) in [6.45, 7) is 3.45. The van der Waals surface area contributed by atoms with Crippen molar-refractivity contribution in [2.45, 2.75) is 32.4 Å². The number of nitrogens with one attached hydrogen (secondary N) is 2. The molecule has 1 unspecified atom stereocenters. The highest BCUT2D eigenvalue weighted by Gasteiger charge is 2.17. The van der Waals surface area contributed by atoms with Gasteiger partial charge in [0.2, 0.25) is 0 Å². The average Bonchev–Trinajstić information content (AvgIpc) is 2.67. The van der Waals surface area contributed by atoms with E-state index < -0.39 is 0 Å². The number of fused-ring (bicyclic) bond motifs is 1. The Morgan fingerprint density at radius 1 is 1.19 bits per heavy atom. The van der Waals surface area contributed by atoms with Crippen LogP contribution in [-0.2, 0) is 6.54 Å². The number of ether oxygens (including phenoxy) is 2. The molecule has 0 aromatic heterocycles. The number of benzene rings is 2. The fraction of sp³-hybridized carbons (Fsp3) is 0.350. The number of carbonyl (C=O) groups excluding carboxylic acids is 1. The Balaban J connectivity index is 1.60.